The normalized spacial score (nSPS) is 11.8. The highest BCUT2D eigenvalue weighted by Gasteiger charge is 2.17. The van der Waals surface area contributed by atoms with Crippen LogP contribution in [0.15, 0.2) is 30.3 Å². The average molecular weight is 248 g/mol. The Morgan fingerprint density at radius 3 is 2.50 bits per heavy atom. The van der Waals surface area contributed by atoms with Crippen LogP contribution in [-0.4, -0.2) is 17.9 Å². The van der Waals surface area contributed by atoms with E-state index in [9.17, 15) is 9.59 Å². The van der Waals surface area contributed by atoms with E-state index < -0.39 is 11.9 Å². The first kappa shape index (κ1) is 14.2. The number of carbonyl (C=O) groups excluding carboxylic acids is 2. The SMILES string of the molecule is CCCC[C@H](NC(=O)Cc1ccccc1)C(N)=O. The lowest BCUT2D eigenvalue weighted by molar-refractivity contribution is -0.127. The third kappa shape index (κ3) is 4.99. The Hall–Kier alpha value is -1.84. The van der Waals surface area contributed by atoms with Gasteiger partial charge in [-0.3, -0.25) is 9.59 Å². The fourth-order valence-electron chi connectivity index (χ4n) is 1.72. The molecule has 0 bridgehead atoms. The van der Waals surface area contributed by atoms with Gasteiger partial charge < -0.3 is 11.1 Å². The molecule has 0 radical (unpaired) electrons. The third-order valence-electron chi connectivity index (χ3n) is 2.73. The number of hydrogen-bond acceptors (Lipinski definition) is 2. The van der Waals surface area contributed by atoms with Crippen molar-refractivity contribution in [3.63, 3.8) is 0 Å². The zero-order valence-corrected chi connectivity index (χ0v) is 10.7. The Morgan fingerprint density at radius 1 is 1.28 bits per heavy atom. The van der Waals surface area contributed by atoms with E-state index in [1.54, 1.807) is 0 Å². The molecule has 0 aliphatic heterocycles. The van der Waals surface area contributed by atoms with Crippen molar-refractivity contribution in [2.45, 2.75) is 38.6 Å². The Bertz CT molecular complexity index is 390. The van der Waals surface area contributed by atoms with Gasteiger partial charge in [-0.15, -0.1) is 0 Å². The molecule has 1 rings (SSSR count). The first-order valence-corrected chi connectivity index (χ1v) is 6.26. The summed E-state index contributed by atoms with van der Waals surface area (Å²) in [7, 11) is 0. The number of hydrogen-bond donors (Lipinski definition) is 2. The van der Waals surface area contributed by atoms with E-state index in [1.807, 2.05) is 37.3 Å². The van der Waals surface area contributed by atoms with Crippen molar-refractivity contribution in [3.05, 3.63) is 35.9 Å². The number of rotatable bonds is 7. The molecule has 0 aromatic heterocycles. The van der Waals surface area contributed by atoms with Crippen LogP contribution in [0, 0.1) is 0 Å². The van der Waals surface area contributed by atoms with E-state index in [1.165, 1.54) is 0 Å². The van der Waals surface area contributed by atoms with E-state index in [4.69, 9.17) is 5.73 Å². The van der Waals surface area contributed by atoms with Gasteiger partial charge in [-0.1, -0.05) is 50.1 Å². The van der Waals surface area contributed by atoms with Gasteiger partial charge in [0.05, 0.1) is 6.42 Å². The number of benzene rings is 1. The van der Waals surface area contributed by atoms with E-state index in [0.717, 1.165) is 18.4 Å². The molecule has 98 valence electrons. The van der Waals surface area contributed by atoms with Crippen LogP contribution in [0.2, 0.25) is 0 Å². The van der Waals surface area contributed by atoms with Gasteiger partial charge in [0, 0.05) is 0 Å². The molecular formula is C14H20N2O2. The number of carbonyl (C=O) groups is 2. The first-order chi connectivity index (χ1) is 8.63. The molecule has 1 aromatic rings. The molecule has 4 heteroatoms. The Morgan fingerprint density at radius 2 is 1.94 bits per heavy atom. The average Bonchev–Trinajstić information content (AvgIpc) is 2.35. The minimum Gasteiger partial charge on any atom is -0.368 e. The second-order valence-electron chi connectivity index (χ2n) is 4.33. The van der Waals surface area contributed by atoms with Crippen molar-refractivity contribution < 1.29 is 9.59 Å². The second-order valence-corrected chi connectivity index (χ2v) is 4.33. The summed E-state index contributed by atoms with van der Waals surface area (Å²) in [4.78, 5) is 23.0. The lowest BCUT2D eigenvalue weighted by atomic mass is 10.1. The third-order valence-corrected chi connectivity index (χ3v) is 2.73. The Balaban J connectivity index is 2.48. The topological polar surface area (TPSA) is 72.2 Å². The van der Waals surface area contributed by atoms with Crippen molar-refractivity contribution in [2.75, 3.05) is 0 Å². The number of primary amides is 1. The Labute approximate surface area is 108 Å². The summed E-state index contributed by atoms with van der Waals surface area (Å²) < 4.78 is 0. The van der Waals surface area contributed by atoms with Gasteiger partial charge in [0.15, 0.2) is 0 Å². The standard InChI is InChI=1S/C14H20N2O2/c1-2-3-9-12(14(15)18)16-13(17)10-11-7-5-4-6-8-11/h4-8,12H,2-3,9-10H2,1H3,(H2,15,18)(H,16,17)/t12-/m0/s1. The van der Waals surface area contributed by atoms with Crippen LogP contribution in [-0.2, 0) is 16.0 Å². The predicted molar refractivity (Wildman–Crippen MR) is 70.8 cm³/mol. The molecule has 1 aromatic carbocycles. The summed E-state index contributed by atoms with van der Waals surface area (Å²) >= 11 is 0. The number of amides is 2. The van der Waals surface area contributed by atoms with Crippen molar-refractivity contribution in [1.82, 2.24) is 5.32 Å². The molecule has 1 atom stereocenters. The largest absolute Gasteiger partial charge is 0.368 e. The summed E-state index contributed by atoms with van der Waals surface area (Å²) in [6, 6.07) is 8.86. The van der Waals surface area contributed by atoms with Gasteiger partial charge in [-0.25, -0.2) is 0 Å². The zero-order chi connectivity index (χ0) is 13.4. The molecule has 0 heterocycles. The summed E-state index contributed by atoms with van der Waals surface area (Å²) in [5.74, 6) is -0.633. The van der Waals surface area contributed by atoms with Crippen molar-refractivity contribution in [3.8, 4) is 0 Å². The maximum Gasteiger partial charge on any atom is 0.239 e. The van der Waals surface area contributed by atoms with Crippen LogP contribution in [0.1, 0.15) is 31.7 Å². The van der Waals surface area contributed by atoms with Crippen LogP contribution in [0.25, 0.3) is 0 Å². The maximum atomic E-state index is 11.8. The molecule has 3 N–H and O–H groups in total. The summed E-state index contributed by atoms with van der Waals surface area (Å²) in [6.07, 6.45) is 2.72. The van der Waals surface area contributed by atoms with E-state index in [0.29, 0.717) is 6.42 Å². The lowest BCUT2D eigenvalue weighted by Crippen LogP contribution is -2.44. The maximum absolute atomic E-state index is 11.8. The van der Waals surface area contributed by atoms with Crippen LogP contribution >= 0.6 is 0 Å². The minimum absolute atomic E-state index is 0.166. The minimum atomic E-state index is -0.554. The van der Waals surface area contributed by atoms with Gasteiger partial charge in [-0.2, -0.15) is 0 Å². The van der Waals surface area contributed by atoms with Gasteiger partial charge in [-0.05, 0) is 12.0 Å². The van der Waals surface area contributed by atoms with Gasteiger partial charge in [0.25, 0.3) is 0 Å². The van der Waals surface area contributed by atoms with Crippen LogP contribution < -0.4 is 11.1 Å². The molecule has 0 spiro atoms. The molecular weight excluding hydrogens is 228 g/mol. The van der Waals surface area contributed by atoms with Crippen molar-refractivity contribution in [2.24, 2.45) is 5.73 Å². The monoisotopic (exact) mass is 248 g/mol. The summed E-state index contributed by atoms with van der Waals surface area (Å²) in [5.41, 5.74) is 6.19. The van der Waals surface area contributed by atoms with E-state index in [2.05, 4.69) is 5.32 Å². The van der Waals surface area contributed by atoms with Crippen LogP contribution in [0.5, 0.6) is 0 Å². The molecule has 0 fully saturated rings. The number of unbranched alkanes of at least 4 members (excludes halogenated alkanes) is 1. The summed E-state index contributed by atoms with van der Waals surface area (Å²) in [5, 5.41) is 2.69. The fourth-order valence-corrected chi connectivity index (χ4v) is 1.72. The lowest BCUT2D eigenvalue weighted by Gasteiger charge is -2.15. The van der Waals surface area contributed by atoms with E-state index in [-0.39, 0.29) is 12.3 Å². The van der Waals surface area contributed by atoms with Gasteiger partial charge in [0.1, 0.15) is 6.04 Å². The molecule has 0 saturated carbocycles. The number of nitrogens with two attached hydrogens (primary N) is 1. The quantitative estimate of drug-likeness (QED) is 0.765. The van der Waals surface area contributed by atoms with Gasteiger partial charge in [0.2, 0.25) is 11.8 Å². The van der Waals surface area contributed by atoms with E-state index >= 15 is 0 Å². The van der Waals surface area contributed by atoms with Crippen molar-refractivity contribution in [1.29, 1.82) is 0 Å². The highest BCUT2D eigenvalue weighted by molar-refractivity contribution is 5.87. The van der Waals surface area contributed by atoms with Crippen LogP contribution in [0.4, 0.5) is 0 Å². The molecule has 0 aliphatic carbocycles. The highest BCUT2D eigenvalue weighted by Crippen LogP contribution is 2.03. The highest BCUT2D eigenvalue weighted by atomic mass is 16.2. The molecule has 0 saturated heterocycles. The predicted octanol–water partition coefficient (Wildman–Crippen LogP) is 1.39. The molecule has 4 nitrogen and oxygen atoms in total. The molecule has 18 heavy (non-hydrogen) atoms. The fraction of sp³-hybridized carbons (Fsp3) is 0.429. The van der Waals surface area contributed by atoms with Gasteiger partial charge >= 0.3 is 0 Å². The Kier molecular flexibility index (Phi) is 5.91. The smallest absolute Gasteiger partial charge is 0.239 e. The zero-order valence-electron chi connectivity index (χ0n) is 10.7. The molecule has 0 unspecified atom stereocenters. The number of nitrogens with one attached hydrogen (secondary N) is 1. The van der Waals surface area contributed by atoms with Crippen molar-refractivity contribution >= 4 is 11.8 Å². The first-order valence-electron chi connectivity index (χ1n) is 6.26. The molecule has 2 amide bonds. The second kappa shape index (κ2) is 7.48. The van der Waals surface area contributed by atoms with Crippen LogP contribution in [0.3, 0.4) is 0 Å². The summed E-state index contributed by atoms with van der Waals surface area (Å²) in [6.45, 7) is 2.03. The molecule has 0 aliphatic rings.